The fraction of sp³-hybridized carbons (Fsp3) is 0.231. The van der Waals surface area contributed by atoms with Gasteiger partial charge in [-0.3, -0.25) is 0 Å². The molecule has 0 amide bonds. The molecule has 2 aromatic rings. The molecule has 0 radical (unpaired) electrons. The number of nitrogens with zero attached hydrogens (tertiary/aromatic N) is 2. The zero-order chi connectivity index (χ0) is 12.5. The molecule has 3 rings (SSSR count). The van der Waals surface area contributed by atoms with Gasteiger partial charge < -0.3 is 4.74 Å². The number of ether oxygens (including phenoxy) is 1. The van der Waals surface area contributed by atoms with Crippen LogP contribution in [-0.4, -0.2) is 16.6 Å². The fourth-order valence-corrected chi connectivity index (χ4v) is 2.53. The van der Waals surface area contributed by atoms with Crippen molar-refractivity contribution in [2.75, 3.05) is 6.61 Å². The largest absolute Gasteiger partial charge is 0.493 e. The Morgan fingerprint density at radius 3 is 3.00 bits per heavy atom. The Morgan fingerprint density at radius 1 is 1.33 bits per heavy atom. The van der Waals surface area contributed by atoms with Gasteiger partial charge in [0.05, 0.1) is 16.1 Å². The maximum absolute atomic E-state index is 6.07. The van der Waals surface area contributed by atoms with Crippen LogP contribution in [0.25, 0.3) is 0 Å². The van der Waals surface area contributed by atoms with E-state index in [1.807, 2.05) is 18.2 Å². The minimum Gasteiger partial charge on any atom is -0.493 e. The maximum Gasteiger partial charge on any atom is 0.146 e. The van der Waals surface area contributed by atoms with Crippen molar-refractivity contribution in [2.24, 2.45) is 0 Å². The summed E-state index contributed by atoms with van der Waals surface area (Å²) in [4.78, 5) is 8.79. The van der Waals surface area contributed by atoms with Crippen LogP contribution in [0.1, 0.15) is 23.7 Å². The number of fused-ring (bicyclic) bond motifs is 1. The normalized spacial score (nSPS) is 18.0. The van der Waals surface area contributed by atoms with Crippen molar-refractivity contribution in [3.05, 3.63) is 50.6 Å². The summed E-state index contributed by atoms with van der Waals surface area (Å²) in [5.74, 6) is 1.87. The molecule has 0 saturated carbocycles. The zero-order valence-corrected chi connectivity index (χ0v) is 12.4. The smallest absolute Gasteiger partial charge is 0.146 e. The Hall–Kier alpha value is -0.880. The minimum absolute atomic E-state index is 0.171. The van der Waals surface area contributed by atoms with E-state index in [1.165, 1.54) is 0 Å². The van der Waals surface area contributed by atoms with Crippen molar-refractivity contribution in [3.8, 4) is 5.75 Å². The highest BCUT2D eigenvalue weighted by Gasteiger charge is 2.25. The van der Waals surface area contributed by atoms with E-state index in [-0.39, 0.29) is 5.92 Å². The lowest BCUT2D eigenvalue weighted by Crippen LogP contribution is -2.17. The van der Waals surface area contributed by atoms with Crippen LogP contribution in [-0.2, 0) is 0 Å². The molecule has 0 saturated heterocycles. The van der Waals surface area contributed by atoms with Crippen LogP contribution in [0.4, 0.5) is 0 Å². The van der Waals surface area contributed by atoms with Gasteiger partial charge in [-0.05, 0) is 35.1 Å². The second-order valence-corrected chi connectivity index (χ2v) is 5.61. The molecule has 0 bridgehead atoms. The van der Waals surface area contributed by atoms with E-state index in [9.17, 15) is 0 Å². The molecule has 0 aliphatic carbocycles. The highest BCUT2D eigenvalue weighted by Crippen LogP contribution is 2.36. The summed E-state index contributed by atoms with van der Waals surface area (Å²) in [6.07, 6.45) is 2.65. The van der Waals surface area contributed by atoms with Crippen LogP contribution >= 0.6 is 34.2 Å². The topological polar surface area (TPSA) is 35.0 Å². The van der Waals surface area contributed by atoms with Crippen molar-refractivity contribution in [1.29, 1.82) is 0 Å². The SMILES string of the molecule is Clc1nc(C2CCOc3ccccc32)ncc1I. The van der Waals surface area contributed by atoms with Gasteiger partial charge in [-0.1, -0.05) is 29.8 Å². The molecule has 0 fully saturated rings. The van der Waals surface area contributed by atoms with Crippen LogP contribution in [0.3, 0.4) is 0 Å². The Kier molecular flexibility index (Phi) is 3.39. The van der Waals surface area contributed by atoms with Gasteiger partial charge in [-0.2, -0.15) is 0 Å². The second-order valence-electron chi connectivity index (χ2n) is 4.09. The minimum atomic E-state index is 0.171. The lowest BCUT2D eigenvalue weighted by Gasteiger charge is -2.24. The van der Waals surface area contributed by atoms with Crippen molar-refractivity contribution < 1.29 is 4.74 Å². The summed E-state index contributed by atoms with van der Waals surface area (Å²) in [6.45, 7) is 0.689. The van der Waals surface area contributed by atoms with Gasteiger partial charge in [0.2, 0.25) is 0 Å². The molecule has 3 nitrogen and oxygen atoms in total. The predicted molar refractivity (Wildman–Crippen MR) is 78.2 cm³/mol. The number of hydrogen-bond donors (Lipinski definition) is 0. The van der Waals surface area contributed by atoms with Crippen molar-refractivity contribution in [3.63, 3.8) is 0 Å². The molecule has 0 N–H and O–H groups in total. The molecule has 1 aliphatic rings. The maximum atomic E-state index is 6.07. The van der Waals surface area contributed by atoms with Gasteiger partial charge in [-0.15, -0.1) is 0 Å². The van der Waals surface area contributed by atoms with Crippen LogP contribution in [0.15, 0.2) is 30.5 Å². The lowest BCUT2D eigenvalue weighted by molar-refractivity contribution is 0.274. The van der Waals surface area contributed by atoms with E-state index in [1.54, 1.807) is 6.20 Å². The Morgan fingerprint density at radius 2 is 2.17 bits per heavy atom. The number of para-hydroxylation sites is 1. The summed E-state index contributed by atoms with van der Waals surface area (Å²) in [7, 11) is 0. The third-order valence-corrected chi connectivity index (χ3v) is 4.39. The summed E-state index contributed by atoms with van der Waals surface area (Å²) in [5, 5.41) is 0.518. The summed E-state index contributed by atoms with van der Waals surface area (Å²) >= 11 is 8.20. The predicted octanol–water partition coefficient (Wildman–Crippen LogP) is 3.65. The van der Waals surface area contributed by atoms with Crippen molar-refractivity contribution >= 4 is 34.2 Å². The van der Waals surface area contributed by atoms with E-state index in [4.69, 9.17) is 16.3 Å². The second kappa shape index (κ2) is 5.01. The first-order chi connectivity index (χ1) is 8.75. The number of rotatable bonds is 1. The van der Waals surface area contributed by atoms with Crippen molar-refractivity contribution in [1.82, 2.24) is 9.97 Å². The fourth-order valence-electron chi connectivity index (χ4n) is 2.14. The van der Waals surface area contributed by atoms with Crippen LogP contribution < -0.4 is 4.74 Å². The molecule has 92 valence electrons. The molecular weight excluding hydrogens is 363 g/mol. The Balaban J connectivity index is 2.05. The number of aromatic nitrogens is 2. The average molecular weight is 373 g/mol. The molecule has 5 heteroatoms. The lowest BCUT2D eigenvalue weighted by atomic mass is 9.92. The van der Waals surface area contributed by atoms with Gasteiger partial charge in [-0.25, -0.2) is 9.97 Å². The van der Waals surface area contributed by atoms with E-state index >= 15 is 0 Å². The van der Waals surface area contributed by atoms with Crippen LogP contribution in [0.5, 0.6) is 5.75 Å². The van der Waals surface area contributed by atoms with Crippen molar-refractivity contribution in [2.45, 2.75) is 12.3 Å². The molecule has 1 aromatic heterocycles. The third-order valence-electron chi connectivity index (χ3n) is 2.99. The molecular formula is C13H10ClIN2O. The monoisotopic (exact) mass is 372 g/mol. The third kappa shape index (κ3) is 2.19. The zero-order valence-electron chi connectivity index (χ0n) is 9.44. The summed E-state index contributed by atoms with van der Waals surface area (Å²) in [5.41, 5.74) is 1.14. The first kappa shape index (κ1) is 12.2. The van der Waals surface area contributed by atoms with Crippen LogP contribution in [0.2, 0.25) is 5.15 Å². The van der Waals surface area contributed by atoms with Gasteiger partial charge in [0.1, 0.15) is 16.7 Å². The first-order valence-electron chi connectivity index (χ1n) is 5.65. The summed E-state index contributed by atoms with van der Waals surface area (Å²) in [6, 6.07) is 8.03. The van der Waals surface area contributed by atoms with Crippen LogP contribution in [0, 0.1) is 3.57 Å². The van der Waals surface area contributed by atoms with Gasteiger partial charge in [0.15, 0.2) is 0 Å². The van der Waals surface area contributed by atoms with E-state index in [0.29, 0.717) is 11.8 Å². The summed E-state index contributed by atoms with van der Waals surface area (Å²) < 4.78 is 6.51. The van der Waals surface area contributed by atoms with Gasteiger partial charge >= 0.3 is 0 Å². The molecule has 1 atom stereocenters. The molecule has 1 aromatic carbocycles. The molecule has 1 aliphatic heterocycles. The Bertz CT molecular complexity index is 591. The van der Waals surface area contributed by atoms with Gasteiger partial charge in [0, 0.05) is 11.8 Å². The molecule has 18 heavy (non-hydrogen) atoms. The van der Waals surface area contributed by atoms with Gasteiger partial charge in [0.25, 0.3) is 0 Å². The number of benzene rings is 1. The van der Waals surface area contributed by atoms with E-state index in [2.05, 4.69) is 38.6 Å². The Labute approximate surface area is 124 Å². The quantitative estimate of drug-likeness (QED) is 0.566. The molecule has 1 unspecified atom stereocenters. The van der Waals surface area contributed by atoms with E-state index in [0.717, 1.165) is 27.1 Å². The molecule has 0 spiro atoms. The number of halogens is 2. The standard InChI is InChI=1S/C13H10ClIN2O/c14-12-10(15)7-16-13(17-12)9-5-6-18-11-4-2-1-3-8(9)11/h1-4,7,9H,5-6H2. The highest BCUT2D eigenvalue weighted by molar-refractivity contribution is 14.1. The van der Waals surface area contributed by atoms with E-state index < -0.39 is 0 Å². The first-order valence-corrected chi connectivity index (χ1v) is 7.11. The molecule has 2 heterocycles. The number of hydrogen-bond acceptors (Lipinski definition) is 3. The highest BCUT2D eigenvalue weighted by atomic mass is 127. The average Bonchev–Trinajstić information content (AvgIpc) is 2.41.